The lowest BCUT2D eigenvalue weighted by Crippen LogP contribution is -2.26. The van der Waals surface area contributed by atoms with Crippen LogP contribution in [0.5, 0.6) is 0 Å². The summed E-state index contributed by atoms with van der Waals surface area (Å²) in [7, 11) is 0. The zero-order chi connectivity index (χ0) is 11.9. The first-order valence-electron chi connectivity index (χ1n) is 7.67. The van der Waals surface area contributed by atoms with E-state index in [0.717, 1.165) is 0 Å². The van der Waals surface area contributed by atoms with Crippen molar-refractivity contribution in [3.8, 4) is 0 Å². The summed E-state index contributed by atoms with van der Waals surface area (Å²) in [6.45, 7) is 2.28. The van der Waals surface area contributed by atoms with E-state index < -0.39 is 0 Å². The van der Waals surface area contributed by atoms with Gasteiger partial charge in [0.25, 0.3) is 0 Å². The van der Waals surface area contributed by atoms with Gasteiger partial charge in [-0.15, -0.1) is 0 Å². The molecule has 0 N–H and O–H groups in total. The molecule has 2 bridgehead atoms. The largest absolute Gasteiger partial charge is 0.371 e. The van der Waals surface area contributed by atoms with Crippen molar-refractivity contribution in [3.05, 3.63) is 11.6 Å². The van der Waals surface area contributed by atoms with E-state index >= 15 is 0 Å². The number of ether oxygens (including phenoxy) is 1. The third-order valence-corrected chi connectivity index (χ3v) is 4.20. The second kappa shape index (κ2) is 7.20. The zero-order valence-corrected chi connectivity index (χ0v) is 11.4. The van der Waals surface area contributed by atoms with E-state index in [9.17, 15) is 0 Å². The van der Waals surface area contributed by atoms with Crippen molar-refractivity contribution in [1.82, 2.24) is 0 Å². The molecule has 2 rings (SSSR count). The topological polar surface area (TPSA) is 9.23 Å². The third kappa shape index (κ3) is 4.83. The summed E-state index contributed by atoms with van der Waals surface area (Å²) in [5, 5.41) is 0. The van der Waals surface area contributed by atoms with Crippen LogP contribution in [0.1, 0.15) is 77.6 Å². The third-order valence-electron chi connectivity index (χ3n) is 4.20. The fourth-order valence-corrected chi connectivity index (χ4v) is 3.15. The first kappa shape index (κ1) is 13.1. The van der Waals surface area contributed by atoms with Crippen molar-refractivity contribution in [2.24, 2.45) is 0 Å². The molecule has 0 aromatic carbocycles. The molecule has 1 heteroatoms. The fourth-order valence-electron chi connectivity index (χ4n) is 3.15. The van der Waals surface area contributed by atoms with Crippen LogP contribution in [0.3, 0.4) is 0 Å². The van der Waals surface area contributed by atoms with Gasteiger partial charge in [-0.05, 0) is 45.4 Å². The molecule has 2 aliphatic rings. The van der Waals surface area contributed by atoms with Gasteiger partial charge in [0.15, 0.2) is 0 Å². The first-order valence-corrected chi connectivity index (χ1v) is 7.67. The molecular weight excluding hydrogens is 208 g/mol. The quantitative estimate of drug-likeness (QED) is 0.537. The molecule has 0 aliphatic carbocycles. The molecule has 17 heavy (non-hydrogen) atoms. The molecule has 1 saturated heterocycles. The number of hydrogen-bond acceptors (Lipinski definition) is 1. The zero-order valence-electron chi connectivity index (χ0n) is 11.4. The number of hydrogen-bond donors (Lipinski definition) is 0. The molecule has 0 amide bonds. The molecule has 2 unspecified atom stereocenters. The van der Waals surface area contributed by atoms with Crippen molar-refractivity contribution in [1.29, 1.82) is 0 Å². The molecule has 2 heterocycles. The molecule has 0 aromatic heterocycles. The number of allylic oxidation sites excluding steroid dienone is 1. The van der Waals surface area contributed by atoms with E-state index in [2.05, 4.69) is 13.0 Å². The van der Waals surface area contributed by atoms with Gasteiger partial charge in [0.05, 0.1) is 12.2 Å². The van der Waals surface area contributed by atoms with Crippen LogP contribution >= 0.6 is 0 Å². The molecule has 1 nitrogen and oxygen atoms in total. The molecule has 98 valence electrons. The van der Waals surface area contributed by atoms with Crippen LogP contribution in [0, 0.1) is 0 Å². The summed E-state index contributed by atoms with van der Waals surface area (Å²) in [4.78, 5) is 0. The maximum absolute atomic E-state index is 6.19. The minimum atomic E-state index is 0.425. The van der Waals surface area contributed by atoms with Crippen molar-refractivity contribution in [3.63, 3.8) is 0 Å². The maximum Gasteiger partial charge on any atom is 0.0762 e. The van der Waals surface area contributed by atoms with E-state index in [0.29, 0.717) is 12.2 Å². The van der Waals surface area contributed by atoms with Crippen LogP contribution in [-0.4, -0.2) is 12.2 Å². The van der Waals surface area contributed by atoms with Crippen LogP contribution in [0.2, 0.25) is 0 Å². The van der Waals surface area contributed by atoms with Gasteiger partial charge < -0.3 is 4.74 Å². The Morgan fingerprint density at radius 3 is 2.47 bits per heavy atom. The Kier molecular flexibility index (Phi) is 5.57. The SMILES string of the molecule is CC1=CC2CCCC(CCCCCCCC1)O2. The Hall–Kier alpha value is -0.300. The second-order valence-electron chi connectivity index (χ2n) is 5.90. The smallest absolute Gasteiger partial charge is 0.0762 e. The summed E-state index contributed by atoms with van der Waals surface area (Å²) >= 11 is 0. The summed E-state index contributed by atoms with van der Waals surface area (Å²) in [5.41, 5.74) is 1.55. The van der Waals surface area contributed by atoms with Crippen LogP contribution in [0.4, 0.5) is 0 Å². The maximum atomic E-state index is 6.19. The van der Waals surface area contributed by atoms with E-state index in [-0.39, 0.29) is 0 Å². The highest BCUT2D eigenvalue weighted by atomic mass is 16.5. The molecule has 0 aromatic rings. The number of rotatable bonds is 0. The van der Waals surface area contributed by atoms with Gasteiger partial charge >= 0.3 is 0 Å². The molecule has 0 spiro atoms. The highest BCUT2D eigenvalue weighted by Gasteiger charge is 2.20. The second-order valence-corrected chi connectivity index (χ2v) is 5.90. The highest BCUT2D eigenvalue weighted by Crippen LogP contribution is 2.26. The average Bonchev–Trinajstić information content (AvgIpc) is 2.33. The van der Waals surface area contributed by atoms with E-state index in [1.807, 2.05) is 0 Å². The first-order chi connectivity index (χ1) is 8.34. The van der Waals surface area contributed by atoms with Crippen LogP contribution in [0.25, 0.3) is 0 Å². The van der Waals surface area contributed by atoms with Gasteiger partial charge in [-0.2, -0.15) is 0 Å². The predicted molar refractivity (Wildman–Crippen MR) is 73.2 cm³/mol. The van der Waals surface area contributed by atoms with Crippen molar-refractivity contribution in [2.75, 3.05) is 0 Å². The molecule has 2 atom stereocenters. The average molecular weight is 236 g/mol. The van der Waals surface area contributed by atoms with Crippen molar-refractivity contribution < 1.29 is 4.74 Å². The Balaban J connectivity index is 1.91. The van der Waals surface area contributed by atoms with Gasteiger partial charge in [0.2, 0.25) is 0 Å². The van der Waals surface area contributed by atoms with Gasteiger partial charge in [-0.3, -0.25) is 0 Å². The lowest BCUT2D eigenvalue weighted by molar-refractivity contribution is -0.0303. The van der Waals surface area contributed by atoms with Gasteiger partial charge in [0, 0.05) is 0 Å². The standard InChI is InChI=1S/C16H28O/c1-14-9-6-4-2-3-5-7-10-15-11-8-12-16(13-14)17-15/h13,15-16H,2-12H2,1H3. The minimum absolute atomic E-state index is 0.425. The Morgan fingerprint density at radius 1 is 0.882 bits per heavy atom. The molecule has 2 aliphatic heterocycles. The van der Waals surface area contributed by atoms with Crippen LogP contribution in [0.15, 0.2) is 11.6 Å². The fraction of sp³-hybridized carbons (Fsp3) is 0.875. The van der Waals surface area contributed by atoms with Gasteiger partial charge in [-0.1, -0.05) is 43.8 Å². The van der Waals surface area contributed by atoms with E-state index in [4.69, 9.17) is 4.74 Å². The minimum Gasteiger partial charge on any atom is -0.371 e. The molecule has 0 saturated carbocycles. The molecule has 1 fully saturated rings. The van der Waals surface area contributed by atoms with Crippen molar-refractivity contribution >= 4 is 0 Å². The summed E-state index contributed by atoms with van der Waals surface area (Å²) < 4.78 is 6.19. The van der Waals surface area contributed by atoms with Crippen molar-refractivity contribution in [2.45, 2.75) is 89.8 Å². The Labute approximate surface area is 107 Å². The number of fused-ring (bicyclic) bond motifs is 2. The Morgan fingerprint density at radius 2 is 1.59 bits per heavy atom. The lowest BCUT2D eigenvalue weighted by Gasteiger charge is -2.29. The van der Waals surface area contributed by atoms with Crippen LogP contribution < -0.4 is 0 Å². The summed E-state index contributed by atoms with van der Waals surface area (Å²) in [5.74, 6) is 0. The lowest BCUT2D eigenvalue weighted by atomic mass is 9.98. The van der Waals surface area contributed by atoms with E-state index in [1.54, 1.807) is 5.57 Å². The van der Waals surface area contributed by atoms with Gasteiger partial charge in [0.1, 0.15) is 0 Å². The Bertz CT molecular complexity index is 244. The molecule has 0 radical (unpaired) electrons. The van der Waals surface area contributed by atoms with Crippen LogP contribution in [-0.2, 0) is 4.74 Å². The predicted octanol–water partition coefficient (Wildman–Crippen LogP) is 5.00. The van der Waals surface area contributed by atoms with E-state index in [1.165, 1.54) is 70.6 Å². The molecular formula is C16H28O. The van der Waals surface area contributed by atoms with Gasteiger partial charge in [-0.25, -0.2) is 0 Å². The summed E-state index contributed by atoms with van der Waals surface area (Å²) in [6.07, 6.45) is 18.3. The normalized spacial score (nSPS) is 32.9. The monoisotopic (exact) mass is 236 g/mol. The highest BCUT2D eigenvalue weighted by molar-refractivity contribution is 5.03. The summed E-state index contributed by atoms with van der Waals surface area (Å²) in [6, 6.07) is 0.